The molecular formula is C26H19N. The van der Waals surface area contributed by atoms with Crippen LogP contribution in [0.15, 0.2) is 84.9 Å². The van der Waals surface area contributed by atoms with Crippen molar-refractivity contribution >= 4 is 21.8 Å². The lowest BCUT2D eigenvalue weighted by atomic mass is 9.98. The number of nitrogens with zero attached hydrogens (tertiary/aromatic N) is 1. The van der Waals surface area contributed by atoms with E-state index < -0.39 is 0 Å². The molecule has 0 saturated heterocycles. The Kier molecular flexibility index (Phi) is 2.93. The summed E-state index contributed by atoms with van der Waals surface area (Å²) in [6.45, 7) is 0. The Hall–Kier alpha value is -3.32. The van der Waals surface area contributed by atoms with Crippen LogP contribution in [0.1, 0.15) is 11.1 Å². The van der Waals surface area contributed by atoms with Crippen LogP contribution in [0.3, 0.4) is 0 Å². The van der Waals surface area contributed by atoms with Gasteiger partial charge < -0.3 is 4.57 Å². The Morgan fingerprint density at radius 3 is 2.26 bits per heavy atom. The highest BCUT2D eigenvalue weighted by Crippen LogP contribution is 2.39. The zero-order chi connectivity index (χ0) is 18.0. The van der Waals surface area contributed by atoms with Gasteiger partial charge in [0.15, 0.2) is 0 Å². The van der Waals surface area contributed by atoms with Crippen molar-refractivity contribution < 1.29 is 0 Å². The third-order valence-electron chi connectivity index (χ3n) is 6.04. The standard InChI is InChI=1S/C26H19N/c1-27-25-9-5-4-8-23(25)24-13-11-18(16-26(24)27)17-10-12-22-20(14-17)15-19-6-2-3-7-21(19)22/h2-14,16H,15H2,1H3. The highest BCUT2D eigenvalue weighted by molar-refractivity contribution is 6.09. The number of benzene rings is 4. The van der Waals surface area contributed by atoms with Gasteiger partial charge in [0.25, 0.3) is 0 Å². The molecule has 1 nitrogen and oxygen atoms in total. The molecule has 0 aliphatic heterocycles. The van der Waals surface area contributed by atoms with Crippen molar-refractivity contribution in [2.75, 3.05) is 0 Å². The highest BCUT2D eigenvalue weighted by atomic mass is 14.9. The second kappa shape index (κ2) is 5.34. The Morgan fingerprint density at radius 2 is 1.30 bits per heavy atom. The van der Waals surface area contributed by atoms with Gasteiger partial charge in [0.05, 0.1) is 0 Å². The summed E-state index contributed by atoms with van der Waals surface area (Å²) in [6.07, 6.45) is 1.04. The molecule has 6 rings (SSSR count). The van der Waals surface area contributed by atoms with Crippen molar-refractivity contribution in [2.45, 2.75) is 6.42 Å². The second-order valence-electron chi connectivity index (χ2n) is 7.51. The smallest absolute Gasteiger partial charge is 0.0494 e. The van der Waals surface area contributed by atoms with Crippen molar-refractivity contribution in [1.29, 1.82) is 0 Å². The van der Waals surface area contributed by atoms with Gasteiger partial charge in [-0.05, 0) is 51.9 Å². The molecule has 27 heavy (non-hydrogen) atoms. The van der Waals surface area contributed by atoms with E-state index in [1.165, 1.54) is 55.2 Å². The van der Waals surface area contributed by atoms with Gasteiger partial charge >= 0.3 is 0 Å². The summed E-state index contributed by atoms with van der Waals surface area (Å²) >= 11 is 0. The summed E-state index contributed by atoms with van der Waals surface area (Å²) in [6, 6.07) is 31.2. The number of hydrogen-bond acceptors (Lipinski definition) is 0. The predicted molar refractivity (Wildman–Crippen MR) is 114 cm³/mol. The lowest BCUT2D eigenvalue weighted by Gasteiger charge is -2.07. The molecule has 0 atom stereocenters. The fraction of sp³-hybridized carbons (Fsp3) is 0.0769. The summed E-state index contributed by atoms with van der Waals surface area (Å²) in [5, 5.41) is 2.65. The molecule has 0 bridgehead atoms. The third kappa shape index (κ3) is 2.06. The maximum absolute atomic E-state index is 2.37. The molecule has 0 N–H and O–H groups in total. The van der Waals surface area contributed by atoms with E-state index in [4.69, 9.17) is 0 Å². The Labute approximate surface area is 158 Å². The largest absolute Gasteiger partial charge is 0.344 e. The maximum Gasteiger partial charge on any atom is 0.0494 e. The van der Waals surface area contributed by atoms with E-state index in [-0.39, 0.29) is 0 Å². The normalized spacial score (nSPS) is 12.5. The number of hydrogen-bond donors (Lipinski definition) is 0. The highest BCUT2D eigenvalue weighted by Gasteiger charge is 2.18. The number of aryl methyl sites for hydroxylation is 1. The van der Waals surface area contributed by atoms with Gasteiger partial charge in [-0.25, -0.2) is 0 Å². The Balaban J connectivity index is 1.52. The monoisotopic (exact) mass is 345 g/mol. The minimum absolute atomic E-state index is 1.04. The zero-order valence-corrected chi connectivity index (χ0v) is 15.2. The second-order valence-corrected chi connectivity index (χ2v) is 7.51. The van der Waals surface area contributed by atoms with Crippen molar-refractivity contribution in [3.63, 3.8) is 0 Å². The van der Waals surface area contributed by atoms with Gasteiger partial charge in [-0.2, -0.15) is 0 Å². The van der Waals surface area contributed by atoms with Crippen LogP contribution in [0.4, 0.5) is 0 Å². The van der Waals surface area contributed by atoms with E-state index in [1.807, 2.05) is 0 Å². The molecule has 4 aromatic carbocycles. The zero-order valence-electron chi connectivity index (χ0n) is 15.2. The van der Waals surface area contributed by atoms with Gasteiger partial charge in [0.1, 0.15) is 0 Å². The summed E-state index contributed by atoms with van der Waals surface area (Å²) in [5.41, 5.74) is 10.8. The molecule has 0 unspecified atom stereocenters. The van der Waals surface area contributed by atoms with E-state index in [1.54, 1.807) is 0 Å². The Morgan fingerprint density at radius 1 is 0.593 bits per heavy atom. The topological polar surface area (TPSA) is 4.93 Å². The van der Waals surface area contributed by atoms with Crippen LogP contribution in [0.2, 0.25) is 0 Å². The summed E-state index contributed by atoms with van der Waals surface area (Å²) in [4.78, 5) is 0. The molecule has 5 aromatic rings. The van der Waals surface area contributed by atoms with E-state index >= 15 is 0 Å². The molecule has 0 fully saturated rings. The molecule has 1 heterocycles. The first-order chi connectivity index (χ1) is 13.3. The molecule has 0 spiro atoms. The quantitative estimate of drug-likeness (QED) is 0.318. The van der Waals surface area contributed by atoms with Crippen LogP contribution in [-0.2, 0) is 13.5 Å². The fourth-order valence-corrected chi connectivity index (χ4v) is 4.66. The summed E-state index contributed by atoms with van der Waals surface area (Å²) < 4.78 is 2.30. The SMILES string of the molecule is Cn1c2ccccc2c2ccc(-c3ccc4c(c3)Cc3ccccc3-4)cc21. The van der Waals surface area contributed by atoms with E-state index in [0.717, 1.165) is 6.42 Å². The van der Waals surface area contributed by atoms with Gasteiger partial charge in [-0.1, -0.05) is 72.8 Å². The van der Waals surface area contributed by atoms with Gasteiger partial charge in [0.2, 0.25) is 0 Å². The molecule has 128 valence electrons. The molecular weight excluding hydrogens is 326 g/mol. The van der Waals surface area contributed by atoms with Crippen molar-refractivity contribution in [2.24, 2.45) is 7.05 Å². The van der Waals surface area contributed by atoms with Crippen LogP contribution in [0.5, 0.6) is 0 Å². The number of para-hydroxylation sites is 1. The molecule has 0 saturated carbocycles. The summed E-state index contributed by atoms with van der Waals surface area (Å²) in [5.74, 6) is 0. The first kappa shape index (κ1) is 14.8. The van der Waals surface area contributed by atoms with Gasteiger partial charge in [-0.15, -0.1) is 0 Å². The molecule has 1 heteroatoms. The summed E-state index contributed by atoms with van der Waals surface area (Å²) in [7, 11) is 2.16. The lowest BCUT2D eigenvalue weighted by molar-refractivity contribution is 1.01. The van der Waals surface area contributed by atoms with Crippen molar-refractivity contribution in [3.8, 4) is 22.3 Å². The Bertz CT molecular complexity index is 1350. The van der Waals surface area contributed by atoms with Crippen molar-refractivity contribution in [1.82, 2.24) is 4.57 Å². The fourth-order valence-electron chi connectivity index (χ4n) is 4.66. The first-order valence-electron chi connectivity index (χ1n) is 9.48. The van der Waals surface area contributed by atoms with E-state index in [9.17, 15) is 0 Å². The first-order valence-corrected chi connectivity index (χ1v) is 9.48. The van der Waals surface area contributed by atoms with E-state index in [0.29, 0.717) is 0 Å². The number of aromatic nitrogens is 1. The lowest BCUT2D eigenvalue weighted by Crippen LogP contribution is -1.88. The van der Waals surface area contributed by atoms with Crippen LogP contribution in [-0.4, -0.2) is 4.57 Å². The minimum atomic E-state index is 1.04. The van der Waals surface area contributed by atoms with Crippen molar-refractivity contribution in [3.05, 3.63) is 96.1 Å². The van der Waals surface area contributed by atoms with E-state index in [2.05, 4.69) is 96.5 Å². The third-order valence-corrected chi connectivity index (χ3v) is 6.04. The molecule has 0 radical (unpaired) electrons. The van der Waals surface area contributed by atoms with Gasteiger partial charge in [-0.3, -0.25) is 0 Å². The molecule has 1 aliphatic carbocycles. The molecule has 0 amide bonds. The number of rotatable bonds is 1. The maximum atomic E-state index is 2.37. The molecule has 1 aromatic heterocycles. The molecule has 1 aliphatic rings. The average Bonchev–Trinajstić information content (AvgIpc) is 3.23. The van der Waals surface area contributed by atoms with Crippen LogP contribution in [0, 0.1) is 0 Å². The van der Waals surface area contributed by atoms with Crippen LogP contribution in [0.25, 0.3) is 44.1 Å². The van der Waals surface area contributed by atoms with Crippen LogP contribution < -0.4 is 0 Å². The van der Waals surface area contributed by atoms with Crippen LogP contribution >= 0.6 is 0 Å². The predicted octanol–water partition coefficient (Wildman–Crippen LogP) is 6.57. The van der Waals surface area contributed by atoms with Gasteiger partial charge in [0, 0.05) is 28.9 Å². The minimum Gasteiger partial charge on any atom is -0.344 e. The average molecular weight is 345 g/mol. The number of fused-ring (bicyclic) bond motifs is 6.